The molecule has 0 fully saturated rings. The van der Waals surface area contributed by atoms with Gasteiger partial charge in [0, 0.05) is 12.5 Å². The summed E-state index contributed by atoms with van der Waals surface area (Å²) < 4.78 is 0. The molecule has 2 atom stereocenters. The predicted molar refractivity (Wildman–Crippen MR) is 81.0 cm³/mol. The molecule has 0 radical (unpaired) electrons. The highest BCUT2D eigenvalue weighted by Crippen LogP contribution is 2.26. The van der Waals surface area contributed by atoms with Crippen LogP contribution in [0.5, 0.6) is 0 Å². The largest absolute Gasteiger partial charge is 0.481 e. The van der Waals surface area contributed by atoms with Gasteiger partial charge in [0.05, 0.1) is 5.41 Å². The van der Waals surface area contributed by atoms with Gasteiger partial charge < -0.3 is 10.4 Å². The molecular formula is C17H23NO3. The van der Waals surface area contributed by atoms with E-state index in [1.54, 1.807) is 6.92 Å². The molecule has 1 aromatic rings. The van der Waals surface area contributed by atoms with Crippen molar-refractivity contribution in [3.05, 3.63) is 35.4 Å². The van der Waals surface area contributed by atoms with Crippen LogP contribution in [0.25, 0.3) is 0 Å². The van der Waals surface area contributed by atoms with Crippen molar-refractivity contribution < 1.29 is 14.7 Å². The maximum atomic E-state index is 12.3. The van der Waals surface area contributed by atoms with Gasteiger partial charge in [-0.05, 0) is 43.7 Å². The van der Waals surface area contributed by atoms with Gasteiger partial charge in [-0.2, -0.15) is 0 Å². The number of aliphatic carboxylic acids is 1. The third kappa shape index (κ3) is 3.43. The number of carboxylic acid groups (broad SMARTS) is 1. The molecule has 1 amide bonds. The first kappa shape index (κ1) is 15.5. The molecule has 1 aliphatic carbocycles. The van der Waals surface area contributed by atoms with E-state index < -0.39 is 11.4 Å². The lowest BCUT2D eigenvalue weighted by Crippen LogP contribution is -2.43. The third-order valence-electron chi connectivity index (χ3n) is 4.67. The number of benzene rings is 1. The Bertz CT molecular complexity index is 541. The van der Waals surface area contributed by atoms with Crippen molar-refractivity contribution in [2.24, 2.45) is 11.3 Å². The predicted octanol–water partition coefficient (Wildman–Crippen LogP) is 2.41. The Morgan fingerprint density at radius 3 is 2.62 bits per heavy atom. The summed E-state index contributed by atoms with van der Waals surface area (Å²) in [7, 11) is 0. The third-order valence-corrected chi connectivity index (χ3v) is 4.67. The van der Waals surface area contributed by atoms with Gasteiger partial charge in [-0.25, -0.2) is 0 Å². The average molecular weight is 289 g/mol. The van der Waals surface area contributed by atoms with Gasteiger partial charge in [-0.3, -0.25) is 9.59 Å². The number of rotatable bonds is 5. The minimum Gasteiger partial charge on any atom is -0.481 e. The summed E-state index contributed by atoms with van der Waals surface area (Å²) in [5.74, 6) is -0.931. The molecule has 1 aliphatic rings. The van der Waals surface area contributed by atoms with Crippen LogP contribution in [0.4, 0.5) is 0 Å². The zero-order valence-electron chi connectivity index (χ0n) is 12.7. The summed E-state index contributed by atoms with van der Waals surface area (Å²) in [5, 5.41) is 12.1. The Balaban J connectivity index is 1.95. The smallest absolute Gasteiger partial charge is 0.311 e. The molecule has 0 spiro atoms. The number of hydrogen-bond donors (Lipinski definition) is 2. The Labute approximate surface area is 125 Å². The van der Waals surface area contributed by atoms with Crippen LogP contribution in [-0.4, -0.2) is 23.5 Å². The topological polar surface area (TPSA) is 66.4 Å². The highest BCUT2D eigenvalue weighted by Gasteiger charge is 2.33. The number of fused-ring (bicyclic) bond motifs is 1. The van der Waals surface area contributed by atoms with Crippen LogP contribution >= 0.6 is 0 Å². The molecule has 0 saturated carbocycles. The highest BCUT2D eigenvalue weighted by atomic mass is 16.4. The fraction of sp³-hybridized carbons (Fsp3) is 0.529. The molecule has 0 heterocycles. The summed E-state index contributed by atoms with van der Waals surface area (Å²) in [5.41, 5.74) is 1.67. The Morgan fingerprint density at radius 1 is 1.33 bits per heavy atom. The first-order valence-electron chi connectivity index (χ1n) is 7.54. The van der Waals surface area contributed by atoms with Gasteiger partial charge in [-0.15, -0.1) is 0 Å². The zero-order valence-corrected chi connectivity index (χ0v) is 12.7. The lowest BCUT2D eigenvalue weighted by Gasteiger charge is -2.27. The van der Waals surface area contributed by atoms with Crippen molar-refractivity contribution >= 4 is 11.9 Å². The minimum atomic E-state index is -0.887. The van der Waals surface area contributed by atoms with Gasteiger partial charge in [0.25, 0.3) is 0 Å². The van der Waals surface area contributed by atoms with Gasteiger partial charge >= 0.3 is 5.97 Å². The number of carboxylic acids is 1. The van der Waals surface area contributed by atoms with E-state index in [0.717, 1.165) is 19.3 Å². The Hall–Kier alpha value is -1.84. The van der Waals surface area contributed by atoms with E-state index in [9.17, 15) is 14.7 Å². The molecule has 0 saturated heterocycles. The van der Waals surface area contributed by atoms with Crippen molar-refractivity contribution in [1.82, 2.24) is 5.32 Å². The number of carbonyl (C=O) groups is 2. The average Bonchev–Trinajstić information content (AvgIpc) is 2.51. The van der Waals surface area contributed by atoms with Crippen LogP contribution in [0.15, 0.2) is 24.3 Å². The molecule has 0 aliphatic heterocycles. The van der Waals surface area contributed by atoms with Crippen LogP contribution < -0.4 is 5.32 Å². The van der Waals surface area contributed by atoms with Crippen molar-refractivity contribution in [3.8, 4) is 0 Å². The van der Waals surface area contributed by atoms with Gasteiger partial charge in [0.1, 0.15) is 0 Å². The normalized spacial score (nSPS) is 20.2. The SMILES string of the molecule is CCC(C)(CNC(=O)C1CCc2ccccc2C1)C(=O)O. The lowest BCUT2D eigenvalue weighted by atomic mass is 9.83. The van der Waals surface area contributed by atoms with Crippen molar-refractivity contribution in [1.29, 1.82) is 0 Å². The molecule has 2 rings (SSSR count). The van der Waals surface area contributed by atoms with Crippen LogP contribution in [0.3, 0.4) is 0 Å². The van der Waals surface area contributed by atoms with Crippen LogP contribution in [-0.2, 0) is 22.4 Å². The second-order valence-electron chi connectivity index (χ2n) is 6.15. The number of carbonyl (C=O) groups excluding carboxylic acids is 1. The number of nitrogens with one attached hydrogen (secondary N) is 1. The van der Waals surface area contributed by atoms with Crippen molar-refractivity contribution in [2.45, 2.75) is 39.5 Å². The molecule has 1 aromatic carbocycles. The summed E-state index contributed by atoms with van der Waals surface area (Å²) in [6.45, 7) is 3.69. The van der Waals surface area contributed by atoms with E-state index in [2.05, 4.69) is 17.4 Å². The quantitative estimate of drug-likeness (QED) is 0.874. The molecule has 2 N–H and O–H groups in total. The maximum Gasteiger partial charge on any atom is 0.311 e. The van der Waals surface area contributed by atoms with E-state index in [-0.39, 0.29) is 18.4 Å². The second kappa shape index (κ2) is 6.29. The molecule has 4 nitrogen and oxygen atoms in total. The van der Waals surface area contributed by atoms with E-state index in [1.807, 2.05) is 19.1 Å². The zero-order chi connectivity index (χ0) is 15.5. The molecule has 4 heteroatoms. The maximum absolute atomic E-state index is 12.3. The van der Waals surface area contributed by atoms with Crippen LogP contribution in [0, 0.1) is 11.3 Å². The molecular weight excluding hydrogens is 266 g/mol. The second-order valence-corrected chi connectivity index (χ2v) is 6.15. The Morgan fingerprint density at radius 2 is 2.00 bits per heavy atom. The molecule has 0 aromatic heterocycles. The molecule has 21 heavy (non-hydrogen) atoms. The lowest BCUT2D eigenvalue weighted by molar-refractivity contribution is -0.148. The van der Waals surface area contributed by atoms with E-state index >= 15 is 0 Å². The van der Waals surface area contributed by atoms with Gasteiger partial charge in [-0.1, -0.05) is 31.2 Å². The summed E-state index contributed by atoms with van der Waals surface area (Å²) in [6, 6.07) is 8.21. The van der Waals surface area contributed by atoms with Gasteiger partial charge in [0.2, 0.25) is 5.91 Å². The molecule has 2 unspecified atom stereocenters. The van der Waals surface area contributed by atoms with Crippen molar-refractivity contribution in [2.75, 3.05) is 6.54 Å². The molecule has 114 valence electrons. The first-order valence-corrected chi connectivity index (χ1v) is 7.54. The first-order chi connectivity index (χ1) is 9.96. The van der Waals surface area contributed by atoms with Crippen molar-refractivity contribution in [3.63, 3.8) is 0 Å². The number of aryl methyl sites for hydroxylation is 1. The Kier molecular flexibility index (Phi) is 4.66. The van der Waals surface area contributed by atoms with E-state index in [0.29, 0.717) is 6.42 Å². The van der Waals surface area contributed by atoms with E-state index in [4.69, 9.17) is 0 Å². The highest BCUT2D eigenvalue weighted by molar-refractivity contribution is 5.81. The van der Waals surface area contributed by atoms with Crippen LogP contribution in [0.2, 0.25) is 0 Å². The number of amides is 1. The summed E-state index contributed by atoms with van der Waals surface area (Å²) in [6.07, 6.45) is 2.99. The summed E-state index contributed by atoms with van der Waals surface area (Å²) >= 11 is 0. The monoisotopic (exact) mass is 289 g/mol. The van der Waals surface area contributed by atoms with Crippen LogP contribution in [0.1, 0.15) is 37.8 Å². The van der Waals surface area contributed by atoms with Gasteiger partial charge in [0.15, 0.2) is 0 Å². The standard InChI is InChI=1S/C17H23NO3/c1-3-17(2,16(20)21)11-18-15(19)14-9-8-12-6-4-5-7-13(12)10-14/h4-7,14H,3,8-11H2,1-2H3,(H,18,19)(H,20,21). The minimum absolute atomic E-state index is 0.0228. The fourth-order valence-electron chi connectivity index (χ4n) is 2.70. The number of hydrogen-bond acceptors (Lipinski definition) is 2. The fourth-order valence-corrected chi connectivity index (χ4v) is 2.70. The van der Waals surface area contributed by atoms with E-state index in [1.165, 1.54) is 11.1 Å². The molecule has 0 bridgehead atoms. The summed E-state index contributed by atoms with van der Waals surface area (Å²) in [4.78, 5) is 23.5.